The van der Waals surface area contributed by atoms with Gasteiger partial charge in [0, 0.05) is 38.8 Å². The molecule has 2 heterocycles. The summed E-state index contributed by atoms with van der Waals surface area (Å²) in [5.41, 5.74) is 4.13. The van der Waals surface area contributed by atoms with Crippen molar-refractivity contribution in [1.82, 2.24) is 15.0 Å². The average molecular weight is 379 g/mol. The van der Waals surface area contributed by atoms with Gasteiger partial charge in [-0.1, -0.05) is 22.8 Å². The van der Waals surface area contributed by atoms with Gasteiger partial charge in [-0.05, 0) is 50.2 Å². The zero-order valence-corrected chi connectivity index (χ0v) is 16.4. The molecule has 1 saturated heterocycles. The van der Waals surface area contributed by atoms with Gasteiger partial charge in [0.05, 0.1) is 16.4 Å². The maximum Gasteiger partial charge on any atom is 0.173 e. The number of piperazine rings is 1. The summed E-state index contributed by atoms with van der Waals surface area (Å²) in [5.74, 6) is 0.851. The third-order valence-electron chi connectivity index (χ3n) is 4.39. The van der Waals surface area contributed by atoms with Crippen LogP contribution in [0.2, 0.25) is 5.02 Å². The maximum atomic E-state index is 6.37. The van der Waals surface area contributed by atoms with Crippen molar-refractivity contribution in [2.24, 2.45) is 0 Å². The molecule has 5 nitrogen and oxygen atoms in total. The van der Waals surface area contributed by atoms with E-state index in [9.17, 15) is 0 Å². The highest BCUT2D eigenvalue weighted by Gasteiger charge is 2.20. The van der Waals surface area contributed by atoms with Crippen molar-refractivity contribution in [3.63, 3.8) is 0 Å². The quantitative estimate of drug-likeness (QED) is 0.820. The number of nitrogens with one attached hydrogen (secondary N) is 1. The standard InChI is InChI=1S/C18H23ClN4OS/c1-12-8-13(2)17(16(19)9-12)20-18(25)23-6-4-22(5-7-23)11-15-10-14(3)24-21-15/h8-10H,4-7,11H2,1-3H3,(H,20,25). The molecule has 0 aliphatic carbocycles. The molecule has 1 fully saturated rings. The fraction of sp³-hybridized carbons (Fsp3) is 0.444. The van der Waals surface area contributed by atoms with E-state index in [1.54, 1.807) is 0 Å². The Hall–Kier alpha value is -1.63. The Morgan fingerprint density at radius 1 is 1.20 bits per heavy atom. The van der Waals surface area contributed by atoms with E-state index >= 15 is 0 Å². The summed E-state index contributed by atoms with van der Waals surface area (Å²) in [6, 6.07) is 6.05. The van der Waals surface area contributed by atoms with Crippen LogP contribution >= 0.6 is 23.8 Å². The summed E-state index contributed by atoms with van der Waals surface area (Å²) in [6.45, 7) is 10.4. The average Bonchev–Trinajstić information content (AvgIpc) is 2.96. The van der Waals surface area contributed by atoms with Crippen LogP contribution in [-0.4, -0.2) is 46.2 Å². The van der Waals surface area contributed by atoms with E-state index in [1.807, 2.05) is 32.9 Å². The fourth-order valence-corrected chi connectivity index (χ4v) is 3.74. The summed E-state index contributed by atoms with van der Waals surface area (Å²) in [4.78, 5) is 4.55. The molecule has 25 heavy (non-hydrogen) atoms. The van der Waals surface area contributed by atoms with Crippen LogP contribution in [-0.2, 0) is 6.54 Å². The van der Waals surface area contributed by atoms with Gasteiger partial charge >= 0.3 is 0 Å². The van der Waals surface area contributed by atoms with Crippen molar-refractivity contribution in [1.29, 1.82) is 0 Å². The molecule has 0 amide bonds. The molecule has 2 aromatic rings. The lowest BCUT2D eigenvalue weighted by Crippen LogP contribution is -2.49. The Bertz CT molecular complexity index is 745. The van der Waals surface area contributed by atoms with Gasteiger partial charge in [-0.2, -0.15) is 0 Å². The second kappa shape index (κ2) is 7.72. The second-order valence-electron chi connectivity index (χ2n) is 6.56. The second-order valence-corrected chi connectivity index (χ2v) is 7.35. The molecule has 1 aliphatic rings. The molecular weight excluding hydrogens is 356 g/mol. The van der Waals surface area contributed by atoms with Crippen molar-refractivity contribution in [2.45, 2.75) is 27.3 Å². The number of hydrogen-bond acceptors (Lipinski definition) is 4. The lowest BCUT2D eigenvalue weighted by Gasteiger charge is -2.36. The predicted molar refractivity (Wildman–Crippen MR) is 105 cm³/mol. The van der Waals surface area contributed by atoms with Crippen LogP contribution in [0.15, 0.2) is 22.7 Å². The Labute approximate surface area is 158 Å². The van der Waals surface area contributed by atoms with Crippen molar-refractivity contribution in [3.05, 3.63) is 45.8 Å². The molecule has 0 saturated carbocycles. The van der Waals surface area contributed by atoms with Crippen molar-refractivity contribution < 1.29 is 4.52 Å². The number of aryl methyl sites for hydroxylation is 3. The number of halogens is 1. The predicted octanol–water partition coefficient (Wildman–Crippen LogP) is 3.77. The number of anilines is 1. The first-order valence-corrected chi connectivity index (χ1v) is 9.18. The molecule has 1 N–H and O–H groups in total. The molecule has 0 bridgehead atoms. The summed E-state index contributed by atoms with van der Waals surface area (Å²) in [5, 5.41) is 8.82. The van der Waals surface area contributed by atoms with E-state index in [4.69, 9.17) is 28.3 Å². The van der Waals surface area contributed by atoms with Crippen LogP contribution in [0.5, 0.6) is 0 Å². The highest BCUT2D eigenvalue weighted by Crippen LogP contribution is 2.27. The van der Waals surface area contributed by atoms with Crippen LogP contribution in [0.3, 0.4) is 0 Å². The van der Waals surface area contributed by atoms with Crippen molar-refractivity contribution in [2.75, 3.05) is 31.5 Å². The van der Waals surface area contributed by atoms with E-state index in [1.165, 1.54) is 0 Å². The number of hydrogen-bond donors (Lipinski definition) is 1. The van der Waals surface area contributed by atoms with E-state index < -0.39 is 0 Å². The smallest absolute Gasteiger partial charge is 0.173 e. The molecule has 1 aromatic carbocycles. The van der Waals surface area contributed by atoms with E-state index in [-0.39, 0.29) is 0 Å². The minimum Gasteiger partial charge on any atom is -0.361 e. The van der Waals surface area contributed by atoms with Crippen LogP contribution in [0, 0.1) is 20.8 Å². The Balaban J connectivity index is 1.55. The molecule has 0 atom stereocenters. The monoisotopic (exact) mass is 378 g/mol. The SMILES string of the molecule is Cc1cc(C)c(NC(=S)N2CCN(Cc3cc(C)on3)CC2)c(Cl)c1. The highest BCUT2D eigenvalue weighted by atomic mass is 35.5. The van der Waals surface area contributed by atoms with Gasteiger partial charge in [0.1, 0.15) is 5.76 Å². The number of nitrogens with zero attached hydrogens (tertiary/aromatic N) is 3. The topological polar surface area (TPSA) is 44.5 Å². The van der Waals surface area contributed by atoms with E-state index in [0.29, 0.717) is 5.02 Å². The maximum absolute atomic E-state index is 6.37. The number of rotatable bonds is 3. The zero-order chi connectivity index (χ0) is 18.0. The first kappa shape index (κ1) is 18.2. The fourth-order valence-electron chi connectivity index (χ4n) is 3.09. The van der Waals surface area contributed by atoms with Gasteiger partial charge in [-0.25, -0.2) is 0 Å². The van der Waals surface area contributed by atoms with Crippen molar-refractivity contribution >= 4 is 34.6 Å². The molecule has 0 spiro atoms. The van der Waals surface area contributed by atoms with Crippen molar-refractivity contribution in [3.8, 4) is 0 Å². The Morgan fingerprint density at radius 2 is 1.92 bits per heavy atom. The normalized spacial score (nSPS) is 15.4. The third-order valence-corrected chi connectivity index (χ3v) is 5.04. The minimum atomic E-state index is 0.708. The van der Waals surface area contributed by atoms with Gasteiger partial charge in [-0.15, -0.1) is 0 Å². The summed E-state index contributed by atoms with van der Waals surface area (Å²) >= 11 is 12.0. The molecule has 1 aliphatic heterocycles. The van der Waals surface area contributed by atoms with Crippen LogP contribution in [0.1, 0.15) is 22.6 Å². The summed E-state index contributed by atoms with van der Waals surface area (Å²) in [6.07, 6.45) is 0. The van der Waals surface area contributed by atoms with Gasteiger partial charge in [0.2, 0.25) is 0 Å². The molecule has 1 aromatic heterocycles. The highest BCUT2D eigenvalue weighted by molar-refractivity contribution is 7.80. The summed E-state index contributed by atoms with van der Waals surface area (Å²) < 4.78 is 5.13. The number of thiocarbonyl (C=S) groups is 1. The molecule has 134 valence electrons. The van der Waals surface area contributed by atoms with Gasteiger partial charge in [0.25, 0.3) is 0 Å². The zero-order valence-electron chi connectivity index (χ0n) is 14.8. The summed E-state index contributed by atoms with van der Waals surface area (Å²) in [7, 11) is 0. The number of benzene rings is 1. The lowest BCUT2D eigenvalue weighted by atomic mass is 10.1. The molecule has 0 radical (unpaired) electrons. The van der Waals surface area contributed by atoms with Gasteiger partial charge in [-0.3, -0.25) is 4.90 Å². The van der Waals surface area contributed by atoms with Crippen LogP contribution in [0.25, 0.3) is 0 Å². The van der Waals surface area contributed by atoms with E-state index in [2.05, 4.69) is 26.3 Å². The molecular formula is C18H23ClN4OS. The van der Waals surface area contributed by atoms with E-state index in [0.717, 1.165) is 66.1 Å². The lowest BCUT2D eigenvalue weighted by molar-refractivity contribution is 0.173. The minimum absolute atomic E-state index is 0.708. The number of aromatic nitrogens is 1. The first-order valence-electron chi connectivity index (χ1n) is 8.39. The van der Waals surface area contributed by atoms with Gasteiger partial charge in [0.15, 0.2) is 5.11 Å². The Morgan fingerprint density at radius 3 is 2.52 bits per heavy atom. The molecule has 3 rings (SSSR count). The molecule has 0 unspecified atom stereocenters. The Kier molecular flexibility index (Phi) is 5.61. The third kappa shape index (κ3) is 4.51. The largest absolute Gasteiger partial charge is 0.361 e. The van der Waals surface area contributed by atoms with Gasteiger partial charge < -0.3 is 14.7 Å². The first-order chi connectivity index (χ1) is 11.9. The van der Waals surface area contributed by atoms with Crippen LogP contribution < -0.4 is 5.32 Å². The van der Waals surface area contributed by atoms with Crippen LogP contribution in [0.4, 0.5) is 5.69 Å². The molecule has 7 heteroatoms.